The molecule has 2 aliphatic carbocycles. The van der Waals surface area contributed by atoms with Crippen LogP contribution < -0.4 is 5.32 Å². The zero-order chi connectivity index (χ0) is 15.6. The molecule has 5 atom stereocenters. The predicted octanol–water partition coefficient (Wildman–Crippen LogP) is 3.39. The zero-order valence-electron chi connectivity index (χ0n) is 14.6. The Balaban J connectivity index is 1.88. The van der Waals surface area contributed by atoms with Crippen LogP contribution in [-0.2, 0) is 4.79 Å². The van der Waals surface area contributed by atoms with E-state index in [0.717, 1.165) is 12.3 Å². The van der Waals surface area contributed by atoms with Gasteiger partial charge in [0.25, 0.3) is 0 Å². The topological polar surface area (TPSA) is 32.3 Å². The monoisotopic (exact) mass is 292 g/mol. The minimum absolute atomic E-state index is 0.0264. The van der Waals surface area contributed by atoms with Crippen molar-refractivity contribution >= 4 is 5.91 Å². The van der Waals surface area contributed by atoms with Gasteiger partial charge in [0.2, 0.25) is 5.91 Å². The van der Waals surface area contributed by atoms with Crippen molar-refractivity contribution in [2.75, 3.05) is 0 Å². The lowest BCUT2D eigenvalue weighted by Gasteiger charge is -2.48. The third-order valence-electron chi connectivity index (χ3n) is 6.59. The van der Waals surface area contributed by atoms with Crippen LogP contribution in [0.1, 0.15) is 67.2 Å². The van der Waals surface area contributed by atoms with Crippen molar-refractivity contribution in [1.29, 1.82) is 0 Å². The summed E-state index contributed by atoms with van der Waals surface area (Å²) in [7, 11) is 0. The van der Waals surface area contributed by atoms with Gasteiger partial charge in [-0.3, -0.25) is 10.1 Å². The maximum absolute atomic E-state index is 13.0. The summed E-state index contributed by atoms with van der Waals surface area (Å²) in [6.07, 6.45) is 5.07. The van der Waals surface area contributed by atoms with Gasteiger partial charge in [0.05, 0.1) is 12.2 Å². The Morgan fingerprint density at radius 1 is 1.33 bits per heavy atom. The number of nitrogens with one attached hydrogen (secondary N) is 1. The zero-order valence-corrected chi connectivity index (χ0v) is 14.6. The lowest BCUT2D eigenvalue weighted by Crippen LogP contribution is -2.56. The molecule has 21 heavy (non-hydrogen) atoms. The molecule has 3 rings (SSSR count). The molecule has 0 aromatic rings. The molecule has 1 saturated heterocycles. The van der Waals surface area contributed by atoms with Crippen LogP contribution in [0.15, 0.2) is 0 Å². The molecule has 5 unspecified atom stereocenters. The molecule has 120 valence electrons. The van der Waals surface area contributed by atoms with Gasteiger partial charge < -0.3 is 4.90 Å². The summed E-state index contributed by atoms with van der Waals surface area (Å²) >= 11 is 0. The fourth-order valence-corrected chi connectivity index (χ4v) is 5.77. The van der Waals surface area contributed by atoms with Crippen LogP contribution in [0.4, 0.5) is 0 Å². The first-order valence-corrected chi connectivity index (χ1v) is 8.75. The van der Waals surface area contributed by atoms with E-state index in [1.165, 1.54) is 19.3 Å². The Labute approximate surface area is 129 Å². The maximum atomic E-state index is 13.0. The van der Waals surface area contributed by atoms with E-state index in [1.54, 1.807) is 0 Å². The molecule has 3 aliphatic rings. The van der Waals surface area contributed by atoms with Crippen LogP contribution in [0.3, 0.4) is 0 Å². The number of fused-ring (bicyclic) bond motifs is 2. The normalized spacial score (nSPS) is 45.1. The summed E-state index contributed by atoms with van der Waals surface area (Å²) in [6.45, 7) is 13.8. The van der Waals surface area contributed by atoms with E-state index in [9.17, 15) is 4.79 Å². The first kappa shape index (κ1) is 15.3. The number of amides is 1. The van der Waals surface area contributed by atoms with Gasteiger partial charge in [0.15, 0.2) is 0 Å². The summed E-state index contributed by atoms with van der Waals surface area (Å²) in [6, 6.07) is 0.425. The fourth-order valence-electron chi connectivity index (χ4n) is 5.77. The summed E-state index contributed by atoms with van der Waals surface area (Å²) in [5.74, 6) is 1.70. The summed E-state index contributed by atoms with van der Waals surface area (Å²) in [5, 5.41) is 3.55. The first-order valence-electron chi connectivity index (χ1n) is 8.75. The van der Waals surface area contributed by atoms with Crippen LogP contribution in [0.2, 0.25) is 0 Å². The van der Waals surface area contributed by atoms with E-state index in [0.29, 0.717) is 23.3 Å². The molecule has 1 amide bonds. The maximum Gasteiger partial charge on any atom is 0.241 e. The Morgan fingerprint density at radius 3 is 2.52 bits per heavy atom. The van der Waals surface area contributed by atoms with E-state index < -0.39 is 0 Å². The largest absolute Gasteiger partial charge is 0.322 e. The molecule has 0 aromatic heterocycles. The van der Waals surface area contributed by atoms with Crippen LogP contribution >= 0.6 is 0 Å². The molecule has 1 N–H and O–H groups in total. The van der Waals surface area contributed by atoms with Gasteiger partial charge in [-0.25, -0.2) is 0 Å². The number of hydrogen-bond donors (Lipinski definition) is 1. The van der Waals surface area contributed by atoms with Crippen molar-refractivity contribution in [1.82, 2.24) is 10.2 Å². The van der Waals surface area contributed by atoms with Crippen LogP contribution in [0, 0.1) is 22.7 Å². The van der Waals surface area contributed by atoms with Gasteiger partial charge in [-0.1, -0.05) is 34.6 Å². The number of carbonyl (C=O) groups excluding carboxylic acids is 1. The summed E-state index contributed by atoms with van der Waals surface area (Å²) < 4.78 is 0. The molecule has 3 heteroatoms. The highest BCUT2D eigenvalue weighted by Crippen LogP contribution is 2.64. The molecule has 2 bridgehead atoms. The molecular weight excluding hydrogens is 260 g/mol. The molecule has 0 radical (unpaired) electrons. The minimum atomic E-state index is 0.0264. The first-order chi connectivity index (χ1) is 9.67. The third kappa shape index (κ3) is 2.15. The van der Waals surface area contributed by atoms with Gasteiger partial charge in [0.1, 0.15) is 0 Å². The van der Waals surface area contributed by atoms with Crippen molar-refractivity contribution < 1.29 is 4.79 Å². The second-order valence-corrected chi connectivity index (χ2v) is 9.09. The van der Waals surface area contributed by atoms with Crippen molar-refractivity contribution in [3.63, 3.8) is 0 Å². The van der Waals surface area contributed by atoms with Crippen LogP contribution in [0.25, 0.3) is 0 Å². The Bertz CT molecular complexity index is 440. The lowest BCUT2D eigenvalue weighted by atomic mass is 9.67. The Kier molecular flexibility index (Phi) is 3.44. The predicted molar refractivity (Wildman–Crippen MR) is 85.7 cm³/mol. The van der Waals surface area contributed by atoms with Gasteiger partial charge in [0, 0.05) is 6.04 Å². The van der Waals surface area contributed by atoms with Gasteiger partial charge in [-0.05, 0) is 55.3 Å². The third-order valence-corrected chi connectivity index (χ3v) is 6.59. The lowest BCUT2D eigenvalue weighted by molar-refractivity contribution is -0.138. The van der Waals surface area contributed by atoms with Gasteiger partial charge in [-0.15, -0.1) is 0 Å². The van der Waals surface area contributed by atoms with E-state index in [1.807, 2.05) is 0 Å². The van der Waals surface area contributed by atoms with E-state index in [-0.39, 0.29) is 17.6 Å². The summed E-state index contributed by atoms with van der Waals surface area (Å²) in [5.41, 5.74) is 0.581. The molecule has 3 nitrogen and oxygen atoms in total. The van der Waals surface area contributed by atoms with E-state index in [2.05, 4.69) is 51.8 Å². The quantitative estimate of drug-likeness (QED) is 0.864. The molecular formula is C18H32N2O. The highest BCUT2D eigenvalue weighted by Gasteiger charge is 2.63. The Hall–Kier alpha value is -0.570. The van der Waals surface area contributed by atoms with Crippen molar-refractivity contribution in [3.05, 3.63) is 0 Å². The van der Waals surface area contributed by atoms with E-state index in [4.69, 9.17) is 0 Å². The molecule has 0 aromatic carbocycles. The number of nitrogens with zero attached hydrogens (tertiary/aromatic N) is 1. The molecule has 1 heterocycles. The highest BCUT2D eigenvalue weighted by atomic mass is 16.2. The second-order valence-electron chi connectivity index (χ2n) is 9.09. The summed E-state index contributed by atoms with van der Waals surface area (Å²) in [4.78, 5) is 15.2. The Morgan fingerprint density at radius 2 is 2.00 bits per heavy atom. The second kappa shape index (κ2) is 4.71. The van der Waals surface area contributed by atoms with Gasteiger partial charge >= 0.3 is 0 Å². The molecule has 0 spiro atoms. The number of carbonyl (C=O) groups is 1. The average Bonchev–Trinajstić information content (AvgIpc) is 2.91. The number of hydrogen-bond acceptors (Lipinski definition) is 2. The molecule has 2 saturated carbocycles. The SMILES string of the molecule is CC(C)CC1NC(C)N(C2C3(C)CCC(C3)C2(C)C)C1=O. The smallest absolute Gasteiger partial charge is 0.241 e. The van der Waals surface area contributed by atoms with Crippen molar-refractivity contribution in [2.45, 2.75) is 85.5 Å². The fraction of sp³-hybridized carbons (Fsp3) is 0.944. The number of rotatable bonds is 3. The molecule has 3 fully saturated rings. The molecule has 1 aliphatic heterocycles. The minimum Gasteiger partial charge on any atom is -0.322 e. The van der Waals surface area contributed by atoms with E-state index >= 15 is 0 Å². The average molecular weight is 292 g/mol. The highest BCUT2D eigenvalue weighted by molar-refractivity contribution is 5.85. The van der Waals surface area contributed by atoms with Crippen LogP contribution in [0.5, 0.6) is 0 Å². The standard InChI is InChI=1S/C18H32N2O/c1-11(2)9-14-15(21)20(12(3)19-14)16-17(4,5)13-7-8-18(16,6)10-13/h11-14,16,19H,7-10H2,1-6H3. The van der Waals surface area contributed by atoms with Crippen LogP contribution in [-0.4, -0.2) is 29.1 Å². The van der Waals surface area contributed by atoms with Crippen molar-refractivity contribution in [3.8, 4) is 0 Å². The van der Waals surface area contributed by atoms with Crippen molar-refractivity contribution in [2.24, 2.45) is 22.7 Å². The van der Waals surface area contributed by atoms with Gasteiger partial charge in [-0.2, -0.15) is 0 Å².